The molecule has 32 heavy (non-hydrogen) atoms. The summed E-state index contributed by atoms with van der Waals surface area (Å²) in [5, 5.41) is 0.992. The van der Waals surface area contributed by atoms with Crippen LogP contribution in [0.4, 0.5) is 5.13 Å². The predicted octanol–water partition coefficient (Wildman–Crippen LogP) is 3.19. The lowest BCUT2D eigenvalue weighted by atomic mass is 10.1. The fourth-order valence-corrected chi connectivity index (χ4v) is 5.35. The Hall–Kier alpha value is -3.26. The van der Waals surface area contributed by atoms with Crippen LogP contribution in [0.15, 0.2) is 42.5 Å². The lowest BCUT2D eigenvalue weighted by Gasteiger charge is -2.34. The molecule has 1 aromatic heterocycles. The van der Waals surface area contributed by atoms with E-state index in [9.17, 15) is 14.4 Å². The third-order valence-corrected chi connectivity index (χ3v) is 7.26. The number of anilines is 1. The maximum Gasteiger partial charge on any atom is 0.261 e. The van der Waals surface area contributed by atoms with Crippen molar-refractivity contribution in [2.45, 2.75) is 19.8 Å². The summed E-state index contributed by atoms with van der Waals surface area (Å²) in [5.74, 6) is -0.659. The summed E-state index contributed by atoms with van der Waals surface area (Å²) < 4.78 is 1.19. The molecule has 0 aliphatic carbocycles. The number of rotatable bonds is 5. The molecule has 8 heteroatoms. The Labute approximate surface area is 190 Å². The van der Waals surface area contributed by atoms with Crippen LogP contribution in [0.3, 0.4) is 0 Å². The van der Waals surface area contributed by atoms with E-state index in [0.717, 1.165) is 30.2 Å². The lowest BCUT2D eigenvalue weighted by Crippen LogP contribution is -2.49. The summed E-state index contributed by atoms with van der Waals surface area (Å²) >= 11 is 1.69. The molecule has 0 atom stereocenters. The zero-order valence-electron chi connectivity index (χ0n) is 17.9. The molecule has 0 unspecified atom stereocenters. The van der Waals surface area contributed by atoms with Gasteiger partial charge in [0.25, 0.3) is 11.8 Å². The van der Waals surface area contributed by atoms with Crippen LogP contribution in [0.2, 0.25) is 0 Å². The summed E-state index contributed by atoms with van der Waals surface area (Å²) in [7, 11) is 0. The number of imide groups is 1. The third kappa shape index (κ3) is 3.64. The van der Waals surface area contributed by atoms with Gasteiger partial charge >= 0.3 is 0 Å². The predicted molar refractivity (Wildman–Crippen MR) is 124 cm³/mol. The maximum absolute atomic E-state index is 12.7. The summed E-state index contributed by atoms with van der Waals surface area (Å²) in [6.07, 6.45) is 1.15. The highest BCUT2D eigenvalue weighted by atomic mass is 32.1. The highest BCUT2D eigenvalue weighted by molar-refractivity contribution is 7.22. The van der Waals surface area contributed by atoms with Crippen LogP contribution in [-0.2, 0) is 11.2 Å². The Morgan fingerprint density at radius 3 is 2.34 bits per heavy atom. The van der Waals surface area contributed by atoms with Gasteiger partial charge in [0, 0.05) is 39.1 Å². The van der Waals surface area contributed by atoms with Gasteiger partial charge in [0.1, 0.15) is 0 Å². The SMILES string of the molecule is CCc1ccc2nc(N3CCN(C(=O)CCN4C(=O)c5ccccc5C4=O)CC3)sc2c1. The van der Waals surface area contributed by atoms with Crippen LogP contribution in [0.5, 0.6) is 0 Å². The molecule has 5 rings (SSSR count). The number of hydrogen-bond donors (Lipinski definition) is 0. The average Bonchev–Trinajstić information content (AvgIpc) is 3.36. The van der Waals surface area contributed by atoms with Gasteiger partial charge in [-0.15, -0.1) is 0 Å². The first-order valence-corrected chi connectivity index (χ1v) is 11.7. The van der Waals surface area contributed by atoms with Crippen molar-refractivity contribution in [3.05, 3.63) is 59.2 Å². The van der Waals surface area contributed by atoms with Crippen molar-refractivity contribution in [1.29, 1.82) is 0 Å². The number of thiazole rings is 1. The van der Waals surface area contributed by atoms with E-state index >= 15 is 0 Å². The van der Waals surface area contributed by atoms with Gasteiger partial charge in [-0.2, -0.15) is 0 Å². The molecule has 0 radical (unpaired) electrons. The number of fused-ring (bicyclic) bond motifs is 2. The van der Waals surface area contributed by atoms with Crippen LogP contribution in [0.25, 0.3) is 10.2 Å². The van der Waals surface area contributed by atoms with Crippen LogP contribution in [0, 0.1) is 0 Å². The minimum absolute atomic E-state index is 0.0295. The summed E-state index contributed by atoms with van der Waals surface area (Å²) in [4.78, 5) is 47.7. The van der Waals surface area contributed by atoms with Crippen molar-refractivity contribution in [3.63, 3.8) is 0 Å². The van der Waals surface area contributed by atoms with Crippen LogP contribution in [-0.4, -0.2) is 65.2 Å². The van der Waals surface area contributed by atoms with E-state index in [1.165, 1.54) is 15.2 Å². The normalized spacial score (nSPS) is 16.2. The van der Waals surface area contributed by atoms with Gasteiger partial charge in [0.15, 0.2) is 5.13 Å². The van der Waals surface area contributed by atoms with Gasteiger partial charge in [-0.3, -0.25) is 19.3 Å². The first-order chi connectivity index (χ1) is 15.5. The minimum Gasteiger partial charge on any atom is -0.345 e. The molecular formula is C24H24N4O3S. The second-order valence-corrected chi connectivity index (χ2v) is 9.09. The molecule has 1 fully saturated rings. The van der Waals surface area contributed by atoms with E-state index in [-0.39, 0.29) is 30.7 Å². The number of benzene rings is 2. The number of carbonyl (C=O) groups excluding carboxylic acids is 3. The van der Waals surface area contributed by atoms with Crippen LogP contribution < -0.4 is 4.90 Å². The summed E-state index contributed by atoms with van der Waals surface area (Å²) in [6, 6.07) is 13.2. The number of amides is 3. The Bertz CT molecular complexity index is 1180. The van der Waals surface area contributed by atoms with Crippen molar-refractivity contribution in [2.75, 3.05) is 37.6 Å². The first-order valence-electron chi connectivity index (χ1n) is 10.9. The standard InChI is InChI=1S/C24H24N4O3S/c1-2-16-7-8-19-20(15-16)32-24(25-19)27-13-11-26(12-14-27)21(29)9-10-28-22(30)17-5-3-4-6-18(17)23(28)31/h3-8,15H,2,9-14H2,1H3. The van der Waals surface area contributed by atoms with Crippen molar-refractivity contribution in [3.8, 4) is 0 Å². The maximum atomic E-state index is 12.7. The van der Waals surface area contributed by atoms with E-state index in [1.54, 1.807) is 35.6 Å². The fourth-order valence-electron chi connectivity index (χ4n) is 4.27. The fraction of sp³-hybridized carbons (Fsp3) is 0.333. The molecule has 164 valence electrons. The molecule has 2 aliphatic heterocycles. The second kappa shape index (κ2) is 8.35. The highest BCUT2D eigenvalue weighted by Crippen LogP contribution is 2.30. The molecule has 2 aliphatic rings. The molecule has 3 aromatic rings. The summed E-state index contributed by atoms with van der Waals surface area (Å²) in [6.45, 7) is 4.92. The zero-order valence-corrected chi connectivity index (χ0v) is 18.7. The largest absolute Gasteiger partial charge is 0.345 e. The minimum atomic E-state index is -0.315. The second-order valence-electron chi connectivity index (χ2n) is 8.08. The van der Waals surface area contributed by atoms with Crippen LogP contribution in [0.1, 0.15) is 39.6 Å². The zero-order chi connectivity index (χ0) is 22.2. The summed E-state index contributed by atoms with van der Waals surface area (Å²) in [5.41, 5.74) is 3.16. The van der Waals surface area contributed by atoms with E-state index in [4.69, 9.17) is 4.98 Å². The first kappa shape index (κ1) is 20.6. The number of aryl methyl sites for hydroxylation is 1. The number of nitrogens with zero attached hydrogens (tertiary/aromatic N) is 4. The van der Waals surface area contributed by atoms with E-state index < -0.39 is 0 Å². The Morgan fingerprint density at radius 1 is 1.00 bits per heavy atom. The molecule has 0 saturated carbocycles. The van der Waals surface area contributed by atoms with Gasteiger partial charge in [0.2, 0.25) is 5.91 Å². The number of hydrogen-bond acceptors (Lipinski definition) is 6. The van der Waals surface area contributed by atoms with Gasteiger partial charge in [0.05, 0.1) is 21.3 Å². The monoisotopic (exact) mass is 448 g/mol. The molecule has 3 heterocycles. The van der Waals surface area contributed by atoms with E-state index in [0.29, 0.717) is 24.2 Å². The van der Waals surface area contributed by atoms with Gasteiger partial charge in [-0.05, 0) is 36.2 Å². The molecule has 0 bridgehead atoms. The van der Waals surface area contributed by atoms with Crippen LogP contribution >= 0.6 is 11.3 Å². The Kier molecular flexibility index (Phi) is 5.38. The van der Waals surface area contributed by atoms with Gasteiger partial charge < -0.3 is 9.80 Å². The number of aromatic nitrogens is 1. The molecular weight excluding hydrogens is 424 g/mol. The smallest absolute Gasteiger partial charge is 0.261 e. The van der Waals surface area contributed by atoms with E-state index in [1.807, 2.05) is 4.90 Å². The number of piperazine rings is 1. The molecule has 0 N–H and O–H groups in total. The van der Waals surface area contributed by atoms with Gasteiger partial charge in [-0.1, -0.05) is 36.5 Å². The number of carbonyl (C=O) groups is 3. The molecule has 0 spiro atoms. The van der Waals surface area contributed by atoms with E-state index in [2.05, 4.69) is 30.0 Å². The Balaban J connectivity index is 1.17. The van der Waals surface area contributed by atoms with Crippen molar-refractivity contribution in [2.24, 2.45) is 0 Å². The van der Waals surface area contributed by atoms with Crippen molar-refractivity contribution >= 4 is 44.4 Å². The topological polar surface area (TPSA) is 73.8 Å². The van der Waals surface area contributed by atoms with Crippen molar-refractivity contribution in [1.82, 2.24) is 14.8 Å². The molecule has 3 amide bonds. The van der Waals surface area contributed by atoms with Gasteiger partial charge in [-0.25, -0.2) is 4.98 Å². The lowest BCUT2D eigenvalue weighted by molar-refractivity contribution is -0.131. The third-order valence-electron chi connectivity index (χ3n) is 6.18. The molecule has 1 saturated heterocycles. The molecule has 2 aromatic carbocycles. The average molecular weight is 449 g/mol. The highest BCUT2D eigenvalue weighted by Gasteiger charge is 2.35. The van der Waals surface area contributed by atoms with Crippen molar-refractivity contribution < 1.29 is 14.4 Å². The quantitative estimate of drug-likeness (QED) is 0.561. The Morgan fingerprint density at radius 2 is 1.69 bits per heavy atom. The molecule has 7 nitrogen and oxygen atoms in total.